The fourth-order valence-electron chi connectivity index (χ4n) is 2.89. The Morgan fingerprint density at radius 2 is 1.90 bits per heavy atom. The number of amides is 1. The smallest absolute Gasteiger partial charge is 0.311 e. The normalized spacial score (nSPS) is 15.4. The molecule has 4 rings (SSSR count). The number of carbonyl (C=O) groups is 1. The first-order chi connectivity index (χ1) is 14.0. The Labute approximate surface area is 164 Å². The van der Waals surface area contributed by atoms with Gasteiger partial charge in [-0.1, -0.05) is 24.3 Å². The molecule has 0 aromatic heterocycles. The van der Waals surface area contributed by atoms with Crippen LogP contribution in [-0.4, -0.2) is 34.9 Å². The number of phenols is 1. The Morgan fingerprint density at radius 1 is 1.17 bits per heavy atom. The topological polar surface area (TPSA) is 123 Å². The predicted octanol–water partition coefficient (Wildman–Crippen LogP) is 2.74. The molecule has 0 aliphatic carbocycles. The highest BCUT2D eigenvalue weighted by atomic mass is 16.6. The molecule has 0 bridgehead atoms. The molecule has 1 heterocycles. The van der Waals surface area contributed by atoms with E-state index in [9.17, 15) is 20.0 Å². The van der Waals surface area contributed by atoms with Gasteiger partial charge in [0.2, 0.25) is 6.10 Å². The number of nitrogens with one attached hydrogen (secondary N) is 1. The maximum Gasteiger partial charge on any atom is 0.311 e. The second-order valence-corrected chi connectivity index (χ2v) is 6.30. The van der Waals surface area contributed by atoms with E-state index in [1.165, 1.54) is 18.3 Å². The van der Waals surface area contributed by atoms with Crippen LogP contribution in [0.1, 0.15) is 5.56 Å². The summed E-state index contributed by atoms with van der Waals surface area (Å²) < 4.78 is 11.4. The van der Waals surface area contributed by atoms with Gasteiger partial charge < -0.3 is 14.6 Å². The van der Waals surface area contributed by atoms with Gasteiger partial charge in [0, 0.05) is 11.6 Å². The van der Waals surface area contributed by atoms with Crippen LogP contribution >= 0.6 is 0 Å². The molecule has 2 N–H and O–H groups in total. The van der Waals surface area contributed by atoms with Crippen molar-refractivity contribution >= 4 is 28.6 Å². The van der Waals surface area contributed by atoms with Crippen molar-refractivity contribution in [3.63, 3.8) is 0 Å². The van der Waals surface area contributed by atoms with Gasteiger partial charge >= 0.3 is 5.69 Å². The molecular formula is C20H15N3O6. The van der Waals surface area contributed by atoms with E-state index in [1.807, 2.05) is 36.4 Å². The number of hydrogen-bond acceptors (Lipinski definition) is 7. The molecule has 29 heavy (non-hydrogen) atoms. The van der Waals surface area contributed by atoms with Crippen molar-refractivity contribution < 1.29 is 24.3 Å². The number of nitro groups is 1. The predicted molar refractivity (Wildman–Crippen MR) is 104 cm³/mol. The number of phenolic OH excluding ortho intramolecular Hbond substituents is 1. The van der Waals surface area contributed by atoms with Gasteiger partial charge in [0.25, 0.3) is 5.91 Å². The van der Waals surface area contributed by atoms with Gasteiger partial charge in [0.05, 0.1) is 11.1 Å². The largest absolute Gasteiger partial charge is 0.502 e. The number of ether oxygens (including phenoxy) is 2. The van der Waals surface area contributed by atoms with Crippen molar-refractivity contribution in [1.29, 1.82) is 0 Å². The number of nitrogens with zero attached hydrogens (tertiary/aromatic N) is 2. The zero-order valence-corrected chi connectivity index (χ0v) is 14.9. The van der Waals surface area contributed by atoms with Gasteiger partial charge in [-0.05, 0) is 35.0 Å². The maximum atomic E-state index is 12.3. The highest BCUT2D eigenvalue weighted by Crippen LogP contribution is 2.35. The van der Waals surface area contributed by atoms with Crippen LogP contribution in [0.15, 0.2) is 59.7 Å². The molecule has 1 unspecified atom stereocenters. The summed E-state index contributed by atoms with van der Waals surface area (Å²) in [5, 5.41) is 26.0. The Balaban J connectivity index is 1.43. The number of carbonyl (C=O) groups excluding carboxylic acids is 1. The van der Waals surface area contributed by atoms with Crippen LogP contribution in [0.2, 0.25) is 0 Å². The average molecular weight is 393 g/mol. The first kappa shape index (κ1) is 18.2. The van der Waals surface area contributed by atoms with Gasteiger partial charge in [-0.3, -0.25) is 14.9 Å². The van der Waals surface area contributed by atoms with E-state index < -0.39 is 28.4 Å². The molecule has 0 radical (unpaired) electrons. The van der Waals surface area contributed by atoms with Gasteiger partial charge in [-0.25, -0.2) is 5.43 Å². The third-order valence-electron chi connectivity index (χ3n) is 4.35. The van der Waals surface area contributed by atoms with Gasteiger partial charge in [0.15, 0.2) is 17.2 Å². The fourth-order valence-corrected chi connectivity index (χ4v) is 2.89. The zero-order chi connectivity index (χ0) is 20.4. The van der Waals surface area contributed by atoms with Crippen LogP contribution in [0.4, 0.5) is 5.69 Å². The highest BCUT2D eigenvalue weighted by Gasteiger charge is 2.27. The van der Waals surface area contributed by atoms with Crippen LogP contribution in [0.25, 0.3) is 10.8 Å². The van der Waals surface area contributed by atoms with E-state index in [1.54, 1.807) is 0 Å². The first-order valence-electron chi connectivity index (χ1n) is 8.64. The van der Waals surface area contributed by atoms with Crippen molar-refractivity contribution in [2.75, 3.05) is 6.61 Å². The maximum absolute atomic E-state index is 12.3. The lowest BCUT2D eigenvalue weighted by atomic mass is 10.1. The third-order valence-corrected chi connectivity index (χ3v) is 4.35. The van der Waals surface area contributed by atoms with Crippen molar-refractivity contribution in [1.82, 2.24) is 5.43 Å². The summed E-state index contributed by atoms with van der Waals surface area (Å²) in [5.74, 6) is 0.0596. The van der Waals surface area contributed by atoms with Gasteiger partial charge in [0.1, 0.15) is 6.61 Å². The van der Waals surface area contributed by atoms with E-state index in [0.29, 0.717) is 17.1 Å². The summed E-state index contributed by atoms with van der Waals surface area (Å²) in [6.07, 6.45) is 0.338. The van der Waals surface area contributed by atoms with E-state index in [0.717, 1.165) is 16.8 Å². The average Bonchev–Trinajstić information content (AvgIpc) is 2.72. The summed E-state index contributed by atoms with van der Waals surface area (Å²) in [6.45, 7) is 0.0252. The van der Waals surface area contributed by atoms with Crippen molar-refractivity contribution in [2.24, 2.45) is 5.10 Å². The van der Waals surface area contributed by atoms with Crippen LogP contribution in [0, 0.1) is 10.1 Å². The lowest BCUT2D eigenvalue weighted by Gasteiger charge is -2.25. The minimum atomic E-state index is -0.894. The molecule has 1 aliphatic rings. The molecule has 1 atom stereocenters. The molecule has 9 heteroatoms. The molecule has 1 amide bonds. The summed E-state index contributed by atoms with van der Waals surface area (Å²) in [5.41, 5.74) is 2.21. The van der Waals surface area contributed by atoms with Crippen LogP contribution in [-0.2, 0) is 4.79 Å². The Hall–Kier alpha value is -4.14. The van der Waals surface area contributed by atoms with E-state index >= 15 is 0 Å². The minimum absolute atomic E-state index is 0.0252. The lowest BCUT2D eigenvalue weighted by molar-refractivity contribution is -0.385. The molecule has 0 fully saturated rings. The number of fused-ring (bicyclic) bond motifs is 2. The van der Waals surface area contributed by atoms with Crippen molar-refractivity contribution in [3.05, 3.63) is 70.3 Å². The van der Waals surface area contributed by atoms with E-state index in [-0.39, 0.29) is 6.61 Å². The molecule has 0 saturated heterocycles. The number of hydrazone groups is 1. The summed E-state index contributed by atoms with van der Waals surface area (Å²) >= 11 is 0. The summed E-state index contributed by atoms with van der Waals surface area (Å²) in [7, 11) is 0. The molecule has 0 saturated carbocycles. The number of hydrogen-bond donors (Lipinski definition) is 2. The molecule has 146 valence electrons. The number of benzene rings is 3. The summed E-state index contributed by atoms with van der Waals surface area (Å²) in [6, 6.07) is 15.1. The third kappa shape index (κ3) is 3.79. The Bertz CT molecular complexity index is 1140. The lowest BCUT2D eigenvalue weighted by Crippen LogP contribution is -2.42. The molecule has 3 aromatic rings. The van der Waals surface area contributed by atoms with E-state index in [4.69, 9.17) is 9.47 Å². The molecule has 9 nitrogen and oxygen atoms in total. The Morgan fingerprint density at radius 3 is 2.62 bits per heavy atom. The van der Waals surface area contributed by atoms with Crippen LogP contribution < -0.4 is 14.9 Å². The second-order valence-electron chi connectivity index (χ2n) is 6.30. The van der Waals surface area contributed by atoms with Crippen molar-refractivity contribution in [2.45, 2.75) is 6.10 Å². The first-order valence-corrected chi connectivity index (χ1v) is 8.64. The molecule has 0 spiro atoms. The minimum Gasteiger partial charge on any atom is -0.502 e. The number of rotatable bonds is 4. The Kier molecular flexibility index (Phi) is 4.70. The van der Waals surface area contributed by atoms with Crippen molar-refractivity contribution in [3.8, 4) is 17.2 Å². The molecule has 3 aromatic carbocycles. The molecular weight excluding hydrogens is 378 g/mol. The quantitative estimate of drug-likeness (QED) is 0.399. The fraction of sp³-hybridized carbons (Fsp3) is 0.100. The van der Waals surface area contributed by atoms with Gasteiger partial charge in [-0.15, -0.1) is 0 Å². The summed E-state index contributed by atoms with van der Waals surface area (Å²) in [4.78, 5) is 22.5. The number of nitro benzene ring substituents is 1. The van der Waals surface area contributed by atoms with Gasteiger partial charge in [-0.2, -0.15) is 5.10 Å². The van der Waals surface area contributed by atoms with Crippen LogP contribution in [0.3, 0.4) is 0 Å². The zero-order valence-electron chi connectivity index (χ0n) is 14.9. The van der Waals surface area contributed by atoms with Crippen LogP contribution in [0.5, 0.6) is 17.2 Å². The van der Waals surface area contributed by atoms with E-state index in [2.05, 4.69) is 10.5 Å². The SMILES string of the molecule is O=C(NN=Cc1ccc(O)c([N+](=O)[O-])c1)C1COc2cc3ccccc3cc2O1. The highest BCUT2D eigenvalue weighted by molar-refractivity contribution is 5.88. The molecule has 1 aliphatic heterocycles. The second kappa shape index (κ2) is 7.47. The number of aromatic hydroxyl groups is 1. The standard InChI is InChI=1S/C20H15N3O6/c24-16-6-5-12(7-15(16)23(26)27)10-21-22-20(25)19-11-28-17-8-13-3-1-2-4-14(13)9-18(17)29-19/h1-10,19,24H,11H2,(H,22,25). The monoisotopic (exact) mass is 393 g/mol.